The van der Waals surface area contributed by atoms with Gasteiger partial charge in [0.15, 0.2) is 0 Å². The van der Waals surface area contributed by atoms with E-state index in [-0.39, 0.29) is 0 Å². The molecule has 4 rings (SSSR count). The fourth-order valence-corrected chi connectivity index (χ4v) is 3.94. The van der Waals surface area contributed by atoms with Crippen LogP contribution in [0.25, 0.3) is 22.9 Å². The first-order valence-corrected chi connectivity index (χ1v) is 10.1. The Labute approximate surface area is 160 Å². The summed E-state index contributed by atoms with van der Waals surface area (Å²) in [5, 5.41) is 2.02. The van der Waals surface area contributed by atoms with Gasteiger partial charge in [0.05, 0.1) is 11.2 Å². The van der Waals surface area contributed by atoms with Gasteiger partial charge < -0.3 is 8.98 Å². The summed E-state index contributed by atoms with van der Waals surface area (Å²) in [5.41, 5.74) is 1.97. The molecule has 3 aromatic heterocycles. The lowest BCUT2D eigenvalue weighted by atomic mass is 10.2. The van der Waals surface area contributed by atoms with Crippen molar-refractivity contribution in [1.29, 1.82) is 0 Å². The van der Waals surface area contributed by atoms with Crippen molar-refractivity contribution in [3.8, 4) is 10.8 Å². The molecular formula is C20H17N3OS2. The molecule has 0 atom stereocenters. The van der Waals surface area contributed by atoms with Crippen LogP contribution in [0.15, 0.2) is 76.1 Å². The maximum Gasteiger partial charge on any atom is 0.236 e. The molecule has 1 aromatic carbocycles. The maximum absolute atomic E-state index is 5.53. The molecule has 26 heavy (non-hydrogen) atoms. The Bertz CT molecular complexity index is 955. The van der Waals surface area contributed by atoms with Crippen LogP contribution in [0.3, 0.4) is 0 Å². The number of oxazole rings is 1. The van der Waals surface area contributed by atoms with Gasteiger partial charge in [-0.25, -0.2) is 9.97 Å². The van der Waals surface area contributed by atoms with E-state index in [1.165, 1.54) is 4.90 Å². The molecule has 0 fully saturated rings. The molecule has 0 saturated heterocycles. The molecule has 4 aromatic rings. The third-order valence-electron chi connectivity index (χ3n) is 3.76. The van der Waals surface area contributed by atoms with Crippen molar-refractivity contribution in [3.05, 3.63) is 78.0 Å². The number of imidazole rings is 1. The third kappa shape index (κ3) is 4.33. The van der Waals surface area contributed by atoms with E-state index in [1.54, 1.807) is 17.6 Å². The first kappa shape index (κ1) is 16.9. The van der Waals surface area contributed by atoms with E-state index in [4.69, 9.17) is 4.42 Å². The van der Waals surface area contributed by atoms with E-state index in [0.717, 1.165) is 28.4 Å². The average Bonchev–Trinajstić information content (AvgIpc) is 3.42. The molecule has 3 heterocycles. The van der Waals surface area contributed by atoms with Crippen LogP contribution in [-0.2, 0) is 6.54 Å². The number of aromatic nitrogens is 3. The van der Waals surface area contributed by atoms with Crippen molar-refractivity contribution >= 4 is 35.3 Å². The number of rotatable bonds is 7. The molecule has 0 aliphatic heterocycles. The largest absolute Gasteiger partial charge is 0.443 e. The SMILES string of the molecule is C(=C\c1coc(-c2cccs2)n1)/c1ccc(SCCn2ccnc2)cc1. The molecule has 0 N–H and O–H groups in total. The number of hydrogen-bond acceptors (Lipinski definition) is 5. The summed E-state index contributed by atoms with van der Waals surface area (Å²) in [6, 6.07) is 12.5. The highest BCUT2D eigenvalue weighted by atomic mass is 32.2. The number of nitrogens with zero attached hydrogens (tertiary/aromatic N) is 3. The molecule has 0 spiro atoms. The van der Waals surface area contributed by atoms with Crippen molar-refractivity contribution in [2.24, 2.45) is 0 Å². The molecule has 6 heteroatoms. The van der Waals surface area contributed by atoms with E-state index in [1.807, 2.05) is 54.1 Å². The van der Waals surface area contributed by atoms with E-state index in [9.17, 15) is 0 Å². The van der Waals surface area contributed by atoms with Gasteiger partial charge in [-0.1, -0.05) is 24.3 Å². The lowest BCUT2D eigenvalue weighted by molar-refractivity contribution is 0.576. The van der Waals surface area contributed by atoms with E-state index < -0.39 is 0 Å². The number of thioether (sulfide) groups is 1. The van der Waals surface area contributed by atoms with Gasteiger partial charge in [-0.15, -0.1) is 23.1 Å². The zero-order valence-electron chi connectivity index (χ0n) is 14.0. The van der Waals surface area contributed by atoms with Crippen LogP contribution in [0.1, 0.15) is 11.3 Å². The summed E-state index contributed by atoms with van der Waals surface area (Å²) in [6.07, 6.45) is 11.4. The minimum atomic E-state index is 0.671. The highest BCUT2D eigenvalue weighted by Crippen LogP contribution is 2.24. The lowest BCUT2D eigenvalue weighted by Crippen LogP contribution is -1.96. The lowest BCUT2D eigenvalue weighted by Gasteiger charge is -2.03. The van der Waals surface area contributed by atoms with Gasteiger partial charge in [0.1, 0.15) is 12.0 Å². The fraction of sp³-hybridized carbons (Fsp3) is 0.100. The van der Waals surface area contributed by atoms with Crippen molar-refractivity contribution in [3.63, 3.8) is 0 Å². The second kappa shape index (κ2) is 8.21. The summed E-state index contributed by atoms with van der Waals surface area (Å²) in [4.78, 5) is 10.9. The zero-order valence-corrected chi connectivity index (χ0v) is 15.6. The van der Waals surface area contributed by atoms with E-state index in [2.05, 4.69) is 44.9 Å². The Hall–Kier alpha value is -2.57. The number of benzene rings is 1. The van der Waals surface area contributed by atoms with Gasteiger partial charge >= 0.3 is 0 Å². The maximum atomic E-state index is 5.53. The molecular weight excluding hydrogens is 362 g/mol. The van der Waals surface area contributed by atoms with Gasteiger partial charge in [0, 0.05) is 29.6 Å². The van der Waals surface area contributed by atoms with Crippen LogP contribution in [0.2, 0.25) is 0 Å². The standard InChI is InChI=1S/C20H17N3OS2/c1-2-19(26-12-1)20-22-17(14-24-20)6-3-16-4-7-18(8-5-16)25-13-11-23-10-9-21-15-23/h1-10,12,14-15H,11,13H2/b6-3+. The van der Waals surface area contributed by atoms with Crippen LogP contribution >= 0.6 is 23.1 Å². The minimum absolute atomic E-state index is 0.671. The van der Waals surface area contributed by atoms with Gasteiger partial charge in [0.25, 0.3) is 0 Å². The number of thiophene rings is 1. The predicted octanol–water partition coefficient (Wildman–Crippen LogP) is 5.56. The van der Waals surface area contributed by atoms with Crippen LogP contribution < -0.4 is 0 Å². The Balaban J connectivity index is 1.33. The molecule has 0 aliphatic carbocycles. The molecule has 0 aliphatic rings. The molecule has 0 saturated carbocycles. The second-order valence-corrected chi connectivity index (χ2v) is 7.72. The van der Waals surface area contributed by atoms with Gasteiger partial charge in [0.2, 0.25) is 5.89 Å². The third-order valence-corrected chi connectivity index (χ3v) is 5.61. The summed E-state index contributed by atoms with van der Waals surface area (Å²) in [6.45, 7) is 0.963. The molecule has 0 radical (unpaired) electrons. The van der Waals surface area contributed by atoms with Crippen molar-refractivity contribution in [2.45, 2.75) is 11.4 Å². The van der Waals surface area contributed by atoms with E-state index >= 15 is 0 Å². The summed E-state index contributed by atoms with van der Waals surface area (Å²) < 4.78 is 7.62. The van der Waals surface area contributed by atoms with Crippen LogP contribution in [0.4, 0.5) is 0 Å². The Kier molecular flexibility index (Phi) is 5.33. The van der Waals surface area contributed by atoms with Gasteiger partial charge in [-0.3, -0.25) is 0 Å². The molecule has 0 unspecified atom stereocenters. The smallest absolute Gasteiger partial charge is 0.236 e. The fourth-order valence-electron chi connectivity index (χ4n) is 2.42. The van der Waals surface area contributed by atoms with Crippen LogP contribution in [0, 0.1) is 0 Å². The molecule has 0 bridgehead atoms. The number of hydrogen-bond donors (Lipinski definition) is 0. The summed E-state index contributed by atoms with van der Waals surface area (Å²) in [5.74, 6) is 1.69. The number of aryl methyl sites for hydroxylation is 1. The van der Waals surface area contributed by atoms with Crippen molar-refractivity contribution in [1.82, 2.24) is 14.5 Å². The highest BCUT2D eigenvalue weighted by molar-refractivity contribution is 7.99. The second-order valence-electron chi connectivity index (χ2n) is 5.61. The topological polar surface area (TPSA) is 43.9 Å². The van der Waals surface area contributed by atoms with Crippen LogP contribution in [-0.4, -0.2) is 20.3 Å². The molecule has 4 nitrogen and oxygen atoms in total. The monoisotopic (exact) mass is 379 g/mol. The minimum Gasteiger partial charge on any atom is -0.443 e. The van der Waals surface area contributed by atoms with Crippen molar-refractivity contribution in [2.75, 3.05) is 5.75 Å². The first-order chi connectivity index (χ1) is 12.9. The van der Waals surface area contributed by atoms with E-state index in [0.29, 0.717) is 5.89 Å². The summed E-state index contributed by atoms with van der Waals surface area (Å²) in [7, 11) is 0. The van der Waals surface area contributed by atoms with Crippen molar-refractivity contribution < 1.29 is 4.42 Å². The predicted molar refractivity (Wildman–Crippen MR) is 108 cm³/mol. The Morgan fingerprint density at radius 1 is 1.15 bits per heavy atom. The zero-order chi connectivity index (χ0) is 17.6. The summed E-state index contributed by atoms with van der Waals surface area (Å²) >= 11 is 3.47. The Morgan fingerprint density at radius 2 is 2.08 bits per heavy atom. The average molecular weight is 380 g/mol. The quantitative estimate of drug-likeness (QED) is 0.394. The van der Waals surface area contributed by atoms with Gasteiger partial charge in [-0.05, 0) is 35.2 Å². The molecule has 0 amide bonds. The van der Waals surface area contributed by atoms with Gasteiger partial charge in [-0.2, -0.15) is 0 Å². The normalized spacial score (nSPS) is 11.4. The Morgan fingerprint density at radius 3 is 2.85 bits per heavy atom. The molecule has 130 valence electrons. The highest BCUT2D eigenvalue weighted by Gasteiger charge is 2.05. The van der Waals surface area contributed by atoms with Crippen LogP contribution in [0.5, 0.6) is 0 Å². The first-order valence-electron chi connectivity index (χ1n) is 8.23.